The van der Waals surface area contributed by atoms with E-state index in [-0.39, 0.29) is 0 Å². The maximum Gasteiger partial charge on any atom is -0.00987 e. The Morgan fingerprint density at radius 1 is 0.327 bits per heavy atom. The van der Waals surface area contributed by atoms with Gasteiger partial charge in [0.2, 0.25) is 0 Å². The average molecular weight is 631 g/mol. The number of hydrogen-bond acceptors (Lipinski definition) is 0. The van der Waals surface area contributed by atoms with E-state index in [1.165, 1.54) is 87.6 Å². The van der Waals surface area contributed by atoms with Gasteiger partial charge in [-0.3, -0.25) is 0 Å². The summed E-state index contributed by atoms with van der Waals surface area (Å²) in [7, 11) is 0. The molecule has 0 unspecified atom stereocenters. The van der Waals surface area contributed by atoms with Crippen molar-refractivity contribution in [3.05, 3.63) is 169 Å². The molecule has 0 saturated carbocycles. The minimum Gasteiger partial charge on any atom is -0.0654 e. The maximum absolute atomic E-state index is 2.42. The zero-order valence-electron chi connectivity index (χ0n) is 28.5. The molecule has 238 valence electrons. The Morgan fingerprint density at radius 3 is 1.18 bits per heavy atom. The number of rotatable bonds is 9. The molecular formula is C49H42. The minimum atomic E-state index is 1.04. The van der Waals surface area contributed by atoms with Crippen LogP contribution in [0.3, 0.4) is 0 Å². The molecule has 8 aromatic rings. The van der Waals surface area contributed by atoms with Crippen LogP contribution in [-0.2, 0) is 0 Å². The van der Waals surface area contributed by atoms with Gasteiger partial charge in [0, 0.05) is 0 Å². The first-order valence-electron chi connectivity index (χ1n) is 18.0. The van der Waals surface area contributed by atoms with Gasteiger partial charge in [-0.05, 0) is 107 Å². The van der Waals surface area contributed by atoms with E-state index in [1.807, 2.05) is 0 Å². The summed E-state index contributed by atoms with van der Waals surface area (Å²) in [6, 6.07) is 58.6. The smallest absolute Gasteiger partial charge is 0.00987 e. The normalized spacial score (nSPS) is 12.2. The maximum atomic E-state index is 2.42. The summed E-state index contributed by atoms with van der Waals surface area (Å²) in [5.74, 6) is 0. The Balaban J connectivity index is 1.37. The van der Waals surface area contributed by atoms with E-state index in [0.717, 1.165) is 32.1 Å². The second kappa shape index (κ2) is 13.6. The molecular weight excluding hydrogens is 589 g/mol. The number of fused-ring (bicyclic) bond motifs is 4. The van der Waals surface area contributed by atoms with Crippen LogP contribution in [0, 0.1) is 0 Å². The fourth-order valence-corrected chi connectivity index (χ4v) is 8.01. The van der Waals surface area contributed by atoms with Crippen molar-refractivity contribution in [2.24, 2.45) is 0 Å². The Kier molecular flexibility index (Phi) is 8.54. The molecule has 0 heteroatoms. The summed E-state index contributed by atoms with van der Waals surface area (Å²) in [6.45, 7) is 4.64. The van der Waals surface area contributed by atoms with E-state index >= 15 is 0 Å². The van der Waals surface area contributed by atoms with Crippen LogP contribution in [0.25, 0.3) is 76.5 Å². The van der Waals surface area contributed by atoms with Crippen LogP contribution in [0.1, 0.15) is 57.1 Å². The molecule has 0 aromatic heterocycles. The van der Waals surface area contributed by atoms with Gasteiger partial charge in [-0.1, -0.05) is 184 Å². The van der Waals surface area contributed by atoms with Crippen LogP contribution in [0.4, 0.5) is 0 Å². The van der Waals surface area contributed by atoms with Crippen molar-refractivity contribution in [2.45, 2.75) is 46.0 Å². The molecule has 0 nitrogen and oxygen atoms in total. The van der Waals surface area contributed by atoms with Crippen LogP contribution >= 0.6 is 0 Å². The minimum absolute atomic E-state index is 1.04. The zero-order valence-corrected chi connectivity index (χ0v) is 28.5. The molecule has 0 radical (unpaired) electrons. The van der Waals surface area contributed by atoms with Gasteiger partial charge < -0.3 is 0 Å². The van der Waals surface area contributed by atoms with E-state index in [2.05, 4.69) is 172 Å². The second-order valence-electron chi connectivity index (χ2n) is 13.3. The molecule has 0 aliphatic heterocycles. The second-order valence-corrected chi connectivity index (χ2v) is 13.3. The van der Waals surface area contributed by atoms with Crippen LogP contribution < -0.4 is 0 Å². The molecule has 0 N–H and O–H groups in total. The first kappa shape index (κ1) is 30.8. The van der Waals surface area contributed by atoms with Crippen molar-refractivity contribution >= 4 is 54.2 Å². The highest BCUT2D eigenvalue weighted by Gasteiger charge is 2.19. The monoisotopic (exact) mass is 630 g/mol. The lowest BCUT2D eigenvalue weighted by Gasteiger charge is -2.22. The van der Waals surface area contributed by atoms with E-state index in [0.29, 0.717) is 0 Å². The van der Waals surface area contributed by atoms with Crippen molar-refractivity contribution in [2.75, 3.05) is 0 Å². The summed E-state index contributed by atoms with van der Waals surface area (Å²) >= 11 is 0. The molecule has 8 rings (SSSR count). The third-order valence-electron chi connectivity index (χ3n) is 10.3. The third kappa shape index (κ3) is 5.62. The molecule has 0 heterocycles. The lowest BCUT2D eigenvalue weighted by Crippen LogP contribution is -1.98. The zero-order chi connectivity index (χ0) is 33.2. The van der Waals surface area contributed by atoms with Gasteiger partial charge in [0.15, 0.2) is 0 Å². The summed E-state index contributed by atoms with van der Waals surface area (Å²) in [6.07, 6.45) is 5.51. The first-order valence-corrected chi connectivity index (χ1v) is 18.0. The highest BCUT2D eigenvalue weighted by Crippen LogP contribution is 2.44. The molecule has 0 fully saturated rings. The SMILES string of the molecule is CCCC/C(=C(/CCC)c1ccc(-c2cccc3ccccc23)c2ccccc12)c1ccc(-c2cccc3ccccc23)c2ccccc12. The van der Waals surface area contributed by atoms with Crippen LogP contribution in [0.5, 0.6) is 0 Å². The summed E-state index contributed by atoms with van der Waals surface area (Å²) in [5, 5.41) is 10.5. The lowest BCUT2D eigenvalue weighted by atomic mass is 9.82. The Hall–Kier alpha value is -5.46. The summed E-state index contributed by atoms with van der Waals surface area (Å²) < 4.78 is 0. The van der Waals surface area contributed by atoms with Gasteiger partial charge in [0.05, 0.1) is 0 Å². The van der Waals surface area contributed by atoms with Gasteiger partial charge in [-0.25, -0.2) is 0 Å². The summed E-state index contributed by atoms with van der Waals surface area (Å²) in [4.78, 5) is 0. The van der Waals surface area contributed by atoms with E-state index in [4.69, 9.17) is 0 Å². The number of benzene rings is 8. The van der Waals surface area contributed by atoms with Gasteiger partial charge in [-0.2, -0.15) is 0 Å². The van der Waals surface area contributed by atoms with Crippen molar-refractivity contribution < 1.29 is 0 Å². The van der Waals surface area contributed by atoms with Gasteiger partial charge in [0.25, 0.3) is 0 Å². The quantitative estimate of drug-likeness (QED) is 0.139. The predicted molar refractivity (Wildman–Crippen MR) is 215 cm³/mol. The lowest BCUT2D eigenvalue weighted by molar-refractivity contribution is 0.823. The molecule has 0 amide bonds. The standard InChI is InChI=1S/C49H42/c1-3-5-21-41(49-33-32-48(44-26-12-13-27-45(44)49)40-29-15-20-35-18-7-9-23-37(35)40)38(16-4-2)46-30-31-47(43-25-11-10-24-42(43)46)39-28-14-19-34-17-6-8-22-36(34)39/h6-15,17-20,22-33H,3-5,16,21H2,1-2H3/b41-38+. The number of hydrogen-bond donors (Lipinski definition) is 0. The highest BCUT2D eigenvalue weighted by molar-refractivity contribution is 6.13. The van der Waals surface area contributed by atoms with Crippen LogP contribution in [0.2, 0.25) is 0 Å². The van der Waals surface area contributed by atoms with E-state index in [9.17, 15) is 0 Å². The molecule has 8 aromatic carbocycles. The summed E-state index contributed by atoms with van der Waals surface area (Å²) in [5.41, 5.74) is 10.9. The van der Waals surface area contributed by atoms with Gasteiger partial charge >= 0.3 is 0 Å². The van der Waals surface area contributed by atoms with Crippen LogP contribution in [0.15, 0.2) is 158 Å². The highest BCUT2D eigenvalue weighted by atomic mass is 14.2. The van der Waals surface area contributed by atoms with Crippen LogP contribution in [-0.4, -0.2) is 0 Å². The topological polar surface area (TPSA) is 0 Å². The van der Waals surface area contributed by atoms with E-state index < -0.39 is 0 Å². The average Bonchev–Trinajstić information content (AvgIpc) is 3.17. The molecule has 0 aliphatic carbocycles. The molecule has 49 heavy (non-hydrogen) atoms. The Labute approximate surface area is 290 Å². The van der Waals surface area contributed by atoms with Gasteiger partial charge in [0.1, 0.15) is 0 Å². The Morgan fingerprint density at radius 2 is 0.714 bits per heavy atom. The predicted octanol–water partition coefficient (Wildman–Crippen LogP) is 14.5. The van der Waals surface area contributed by atoms with Crippen molar-refractivity contribution in [3.63, 3.8) is 0 Å². The number of allylic oxidation sites excluding steroid dienone is 2. The molecule has 0 spiro atoms. The molecule has 0 saturated heterocycles. The van der Waals surface area contributed by atoms with E-state index in [1.54, 1.807) is 0 Å². The van der Waals surface area contributed by atoms with Crippen molar-refractivity contribution in [1.82, 2.24) is 0 Å². The largest absolute Gasteiger partial charge is 0.0654 e. The van der Waals surface area contributed by atoms with Crippen molar-refractivity contribution in [3.8, 4) is 22.3 Å². The van der Waals surface area contributed by atoms with Gasteiger partial charge in [-0.15, -0.1) is 0 Å². The third-order valence-corrected chi connectivity index (χ3v) is 10.3. The van der Waals surface area contributed by atoms with Crippen molar-refractivity contribution in [1.29, 1.82) is 0 Å². The fraction of sp³-hybridized carbons (Fsp3) is 0.143. The number of unbranched alkanes of at least 4 members (excludes halogenated alkanes) is 1. The fourth-order valence-electron chi connectivity index (χ4n) is 8.01. The molecule has 0 bridgehead atoms. The first-order chi connectivity index (χ1) is 24.3. The molecule has 0 aliphatic rings. The molecule has 0 atom stereocenters. The Bertz CT molecular complexity index is 2480.